The molecule has 0 aromatic rings. The molecule has 3 rings (SSSR count). The first kappa shape index (κ1) is 13.4. The highest BCUT2D eigenvalue weighted by molar-refractivity contribution is 5.93. The van der Waals surface area contributed by atoms with Crippen LogP contribution in [0.4, 0.5) is 0 Å². The fraction of sp³-hybridized carbons (Fsp3) is 0.786. The predicted octanol–water partition coefficient (Wildman–Crippen LogP) is 0.368. The number of carboxylic acid groups (broad SMARTS) is 1. The number of hydrogen-bond acceptors (Lipinski definition) is 3. The number of hydrogen-bond donors (Lipinski definition) is 2. The van der Waals surface area contributed by atoms with Crippen molar-refractivity contribution in [1.29, 1.82) is 0 Å². The van der Waals surface area contributed by atoms with Crippen LogP contribution in [0, 0.1) is 11.8 Å². The summed E-state index contributed by atoms with van der Waals surface area (Å²) in [5.74, 6) is -0.999. The van der Waals surface area contributed by atoms with E-state index in [0.29, 0.717) is 25.3 Å². The van der Waals surface area contributed by atoms with Crippen molar-refractivity contribution in [2.75, 3.05) is 13.1 Å². The lowest BCUT2D eigenvalue weighted by Crippen LogP contribution is -2.60. The maximum absolute atomic E-state index is 12.2. The first-order valence-electron chi connectivity index (χ1n) is 7.33. The van der Waals surface area contributed by atoms with Crippen LogP contribution in [0.1, 0.15) is 38.5 Å². The summed E-state index contributed by atoms with van der Waals surface area (Å²) < 4.78 is 0. The van der Waals surface area contributed by atoms with Gasteiger partial charge in [0.15, 0.2) is 0 Å². The molecule has 2 saturated carbocycles. The molecule has 6 heteroatoms. The van der Waals surface area contributed by atoms with Gasteiger partial charge in [-0.05, 0) is 38.0 Å². The molecular formula is C14H20N2O4. The molecule has 1 heterocycles. The second kappa shape index (κ2) is 4.75. The van der Waals surface area contributed by atoms with Crippen molar-refractivity contribution in [3.63, 3.8) is 0 Å². The Morgan fingerprint density at radius 1 is 1.35 bits per heavy atom. The van der Waals surface area contributed by atoms with Crippen molar-refractivity contribution >= 4 is 17.8 Å². The Morgan fingerprint density at radius 2 is 2.05 bits per heavy atom. The molecule has 1 saturated heterocycles. The molecule has 0 aromatic heterocycles. The standard InChI is InChI=1S/C14H20N2O4/c17-11-6-10(8-16(11)7-9-2-3-9)12(18)15-14(13(19)20)4-1-5-14/h9-10H,1-8H2,(H,15,18)(H,19,20). The van der Waals surface area contributed by atoms with Gasteiger partial charge in [0.1, 0.15) is 5.54 Å². The number of carbonyl (C=O) groups is 3. The van der Waals surface area contributed by atoms with E-state index in [1.54, 1.807) is 4.90 Å². The molecule has 2 aliphatic carbocycles. The van der Waals surface area contributed by atoms with Gasteiger partial charge in [0.05, 0.1) is 5.92 Å². The van der Waals surface area contributed by atoms with Crippen LogP contribution in [-0.2, 0) is 14.4 Å². The van der Waals surface area contributed by atoms with Crippen LogP contribution in [0.2, 0.25) is 0 Å². The highest BCUT2D eigenvalue weighted by Crippen LogP contribution is 2.34. The van der Waals surface area contributed by atoms with E-state index in [1.807, 2.05) is 0 Å². The van der Waals surface area contributed by atoms with Gasteiger partial charge in [0, 0.05) is 19.5 Å². The van der Waals surface area contributed by atoms with Crippen LogP contribution in [-0.4, -0.2) is 46.4 Å². The summed E-state index contributed by atoms with van der Waals surface area (Å²) >= 11 is 0. The predicted molar refractivity (Wildman–Crippen MR) is 69.8 cm³/mol. The van der Waals surface area contributed by atoms with Crippen molar-refractivity contribution in [3.8, 4) is 0 Å². The third-order valence-electron chi connectivity index (χ3n) is 4.74. The van der Waals surface area contributed by atoms with Gasteiger partial charge >= 0.3 is 5.97 Å². The normalized spacial score (nSPS) is 28.1. The molecule has 0 bridgehead atoms. The highest BCUT2D eigenvalue weighted by atomic mass is 16.4. The Balaban J connectivity index is 1.57. The average molecular weight is 280 g/mol. The van der Waals surface area contributed by atoms with E-state index in [0.717, 1.165) is 13.0 Å². The fourth-order valence-electron chi connectivity index (χ4n) is 3.00. The van der Waals surface area contributed by atoms with Gasteiger partial charge in [-0.15, -0.1) is 0 Å². The van der Waals surface area contributed by atoms with E-state index in [2.05, 4.69) is 5.32 Å². The zero-order valence-electron chi connectivity index (χ0n) is 11.4. The lowest BCUT2D eigenvalue weighted by molar-refractivity contribution is -0.152. The number of amides is 2. The molecule has 2 amide bonds. The maximum atomic E-state index is 12.2. The summed E-state index contributed by atoms with van der Waals surface area (Å²) in [7, 11) is 0. The molecule has 20 heavy (non-hydrogen) atoms. The molecule has 3 fully saturated rings. The van der Waals surface area contributed by atoms with Gasteiger partial charge in [0.2, 0.25) is 11.8 Å². The molecular weight excluding hydrogens is 260 g/mol. The van der Waals surface area contributed by atoms with Crippen molar-refractivity contribution < 1.29 is 19.5 Å². The quantitative estimate of drug-likeness (QED) is 0.761. The highest BCUT2D eigenvalue weighted by Gasteiger charge is 2.47. The third-order valence-corrected chi connectivity index (χ3v) is 4.74. The second-order valence-corrected chi connectivity index (χ2v) is 6.37. The smallest absolute Gasteiger partial charge is 0.329 e. The summed E-state index contributed by atoms with van der Waals surface area (Å²) in [4.78, 5) is 37.1. The van der Waals surface area contributed by atoms with Crippen LogP contribution in [0.15, 0.2) is 0 Å². The molecule has 1 aliphatic heterocycles. The summed E-state index contributed by atoms with van der Waals surface area (Å²) in [5.41, 5.74) is -1.08. The molecule has 0 aromatic carbocycles. The summed E-state index contributed by atoms with van der Waals surface area (Å²) in [6.45, 7) is 1.20. The molecule has 1 unspecified atom stereocenters. The average Bonchev–Trinajstić information content (AvgIpc) is 3.07. The van der Waals surface area contributed by atoms with Crippen molar-refractivity contribution in [2.45, 2.75) is 44.1 Å². The summed E-state index contributed by atoms with van der Waals surface area (Å²) in [6, 6.07) is 0. The SMILES string of the molecule is O=C(NC1(C(=O)O)CCC1)C1CC(=O)N(CC2CC2)C1. The number of aliphatic carboxylic acids is 1. The minimum atomic E-state index is -1.08. The van der Waals surface area contributed by atoms with E-state index < -0.39 is 17.4 Å². The van der Waals surface area contributed by atoms with Gasteiger partial charge < -0.3 is 15.3 Å². The third kappa shape index (κ3) is 2.39. The molecule has 2 N–H and O–H groups in total. The number of carboxylic acids is 1. The van der Waals surface area contributed by atoms with Crippen molar-refractivity contribution in [2.24, 2.45) is 11.8 Å². The second-order valence-electron chi connectivity index (χ2n) is 6.37. The van der Waals surface area contributed by atoms with Gasteiger partial charge in [-0.25, -0.2) is 4.79 Å². The number of rotatable bonds is 5. The summed E-state index contributed by atoms with van der Waals surface area (Å²) in [6.07, 6.45) is 4.35. The molecule has 0 spiro atoms. The van der Waals surface area contributed by atoms with Crippen LogP contribution in [0.25, 0.3) is 0 Å². The maximum Gasteiger partial charge on any atom is 0.329 e. The minimum absolute atomic E-state index is 0.0232. The Kier molecular flexibility index (Phi) is 3.18. The Bertz CT molecular complexity index is 454. The largest absolute Gasteiger partial charge is 0.480 e. The van der Waals surface area contributed by atoms with E-state index in [9.17, 15) is 19.5 Å². The molecule has 1 atom stereocenters. The number of nitrogens with zero attached hydrogens (tertiary/aromatic N) is 1. The first-order chi connectivity index (χ1) is 9.50. The van der Waals surface area contributed by atoms with Crippen molar-refractivity contribution in [3.05, 3.63) is 0 Å². The molecule has 0 radical (unpaired) electrons. The Hall–Kier alpha value is -1.59. The van der Waals surface area contributed by atoms with Crippen LogP contribution >= 0.6 is 0 Å². The lowest BCUT2D eigenvalue weighted by atomic mass is 9.76. The van der Waals surface area contributed by atoms with E-state index >= 15 is 0 Å². The number of carbonyl (C=O) groups excluding carboxylic acids is 2. The first-order valence-corrected chi connectivity index (χ1v) is 7.33. The Morgan fingerprint density at radius 3 is 2.55 bits per heavy atom. The van der Waals surface area contributed by atoms with Crippen molar-refractivity contribution in [1.82, 2.24) is 10.2 Å². The molecule has 3 aliphatic rings. The zero-order chi connectivity index (χ0) is 14.3. The lowest BCUT2D eigenvalue weighted by Gasteiger charge is -2.38. The van der Waals surface area contributed by atoms with E-state index in [4.69, 9.17) is 0 Å². The molecule has 6 nitrogen and oxygen atoms in total. The fourth-order valence-corrected chi connectivity index (χ4v) is 3.00. The Labute approximate surface area is 117 Å². The van der Waals surface area contributed by atoms with E-state index in [1.165, 1.54) is 12.8 Å². The molecule has 110 valence electrons. The van der Waals surface area contributed by atoms with Gasteiger partial charge in [0.25, 0.3) is 0 Å². The number of nitrogens with one attached hydrogen (secondary N) is 1. The van der Waals surface area contributed by atoms with Gasteiger partial charge in [-0.2, -0.15) is 0 Å². The van der Waals surface area contributed by atoms with Crippen LogP contribution in [0.3, 0.4) is 0 Å². The zero-order valence-corrected chi connectivity index (χ0v) is 11.4. The minimum Gasteiger partial charge on any atom is -0.480 e. The topological polar surface area (TPSA) is 86.7 Å². The van der Waals surface area contributed by atoms with Gasteiger partial charge in [-0.1, -0.05) is 0 Å². The van der Waals surface area contributed by atoms with Crippen LogP contribution < -0.4 is 5.32 Å². The van der Waals surface area contributed by atoms with Crippen LogP contribution in [0.5, 0.6) is 0 Å². The monoisotopic (exact) mass is 280 g/mol. The van der Waals surface area contributed by atoms with E-state index in [-0.39, 0.29) is 18.2 Å². The van der Waals surface area contributed by atoms with Gasteiger partial charge in [-0.3, -0.25) is 9.59 Å². The number of likely N-dealkylation sites (tertiary alicyclic amines) is 1. The summed E-state index contributed by atoms with van der Waals surface area (Å²) in [5, 5.41) is 11.9.